The molecule has 4 aromatic rings. The molecule has 4 rings (SSSR count). The topological polar surface area (TPSA) is 73.5 Å². The number of amidine groups is 2. The predicted molar refractivity (Wildman–Crippen MR) is 250 cm³/mol. The number of para-hydroxylation sites is 2. The summed E-state index contributed by atoms with van der Waals surface area (Å²) >= 11 is 0. The van der Waals surface area contributed by atoms with E-state index in [9.17, 15) is 0 Å². The summed E-state index contributed by atoms with van der Waals surface area (Å²) in [6.07, 6.45) is 0. The Morgan fingerprint density at radius 1 is 0.429 bits per heavy atom. The van der Waals surface area contributed by atoms with E-state index in [0.29, 0.717) is 23.7 Å². The molecule has 0 saturated heterocycles. The molecular weight excluding hydrogens is 725 g/mol. The van der Waals surface area contributed by atoms with Gasteiger partial charge in [0.15, 0.2) is 0 Å². The minimum Gasteiger partial charge on any atom is -0.246 e. The lowest BCUT2D eigenvalue weighted by Crippen LogP contribution is -2.37. The van der Waals surface area contributed by atoms with Crippen LogP contribution in [0, 0.1) is 0 Å². The van der Waals surface area contributed by atoms with Crippen LogP contribution in [0.2, 0.25) is 0 Å². The summed E-state index contributed by atoms with van der Waals surface area (Å²) in [5.41, 5.74) is 7.22. The Balaban J connectivity index is 0.000000300. The lowest BCUT2D eigenvalue weighted by atomic mass is 9.93. The molecule has 6 nitrogen and oxygen atoms in total. The monoisotopic (exact) mass is 795 g/mol. The molecule has 304 valence electrons. The van der Waals surface area contributed by atoms with Gasteiger partial charge in [0.1, 0.15) is 11.7 Å². The molecule has 0 aliphatic carbocycles. The number of aliphatic imine (C=N–C) groups is 2. The number of benzene rings is 4. The van der Waals surface area contributed by atoms with E-state index in [1.807, 2.05) is 26.0 Å². The molecule has 0 aromatic heterocycles. The second-order valence-corrected chi connectivity index (χ2v) is 20.4. The van der Waals surface area contributed by atoms with Crippen LogP contribution in [0.15, 0.2) is 126 Å². The molecule has 56 heavy (non-hydrogen) atoms. The van der Waals surface area contributed by atoms with E-state index in [1.165, 1.54) is 32.0 Å². The van der Waals surface area contributed by atoms with Gasteiger partial charge in [0, 0.05) is 42.6 Å². The molecule has 0 bridgehead atoms. The second kappa shape index (κ2) is 21.3. The standard InChI is InChI=1S/2C24H35N3S/c2*1-17(2)21-15-12-16-22(18(3)4)23(21)25-19(5)26-28(27-24(6,7)8)20-13-10-9-11-14-20/h2*9-18H,1-8H3,(H,25,26,27)/t2*28-/m10/s1. The summed E-state index contributed by atoms with van der Waals surface area (Å²) in [7, 11) is -0.903. The SMILES string of the molecule is CC(=Nc1c(C(C)C)cccc1C(C)C)N=[S@@](NC(C)(C)C)c1ccccc1.CC(=Nc1c(C(C)C)cccc1C(C)C)N=[S@](NC(C)(C)C)c1ccccc1. The third-order valence-corrected chi connectivity index (χ3v) is 12.4. The van der Waals surface area contributed by atoms with Gasteiger partial charge in [-0.15, -0.1) is 0 Å². The average Bonchev–Trinajstić information content (AvgIpc) is 3.10. The van der Waals surface area contributed by atoms with E-state index >= 15 is 0 Å². The molecule has 0 aliphatic heterocycles. The van der Waals surface area contributed by atoms with E-state index in [2.05, 4.69) is 191 Å². The summed E-state index contributed by atoms with van der Waals surface area (Å²) in [6, 6.07) is 33.9. The Hall–Kier alpha value is -3.56. The maximum Gasteiger partial charge on any atom is 0.135 e. The van der Waals surface area contributed by atoms with Crippen LogP contribution in [0.3, 0.4) is 0 Å². The van der Waals surface area contributed by atoms with E-state index in [-0.39, 0.29) is 11.1 Å². The summed E-state index contributed by atoms with van der Waals surface area (Å²) in [4.78, 5) is 12.4. The molecule has 0 heterocycles. The fourth-order valence-corrected chi connectivity index (χ4v) is 9.00. The Morgan fingerprint density at radius 2 is 0.696 bits per heavy atom. The number of hydrogen-bond donors (Lipinski definition) is 2. The molecule has 0 saturated carbocycles. The van der Waals surface area contributed by atoms with Gasteiger partial charge in [-0.05, 0) is 126 Å². The first-order valence-corrected chi connectivity index (χ1v) is 22.5. The maximum atomic E-state index is 5.01. The van der Waals surface area contributed by atoms with E-state index in [4.69, 9.17) is 18.7 Å². The summed E-state index contributed by atoms with van der Waals surface area (Å²) < 4.78 is 17.3. The zero-order chi connectivity index (χ0) is 41.8. The molecule has 2 atom stereocenters. The van der Waals surface area contributed by atoms with Crippen LogP contribution >= 0.6 is 0 Å². The third-order valence-electron chi connectivity index (χ3n) is 8.42. The van der Waals surface area contributed by atoms with Gasteiger partial charge in [0.2, 0.25) is 0 Å². The number of rotatable bonds is 10. The van der Waals surface area contributed by atoms with Crippen LogP contribution in [0.5, 0.6) is 0 Å². The average molecular weight is 795 g/mol. The summed E-state index contributed by atoms with van der Waals surface area (Å²) in [5.74, 6) is 3.30. The first kappa shape index (κ1) is 46.8. The van der Waals surface area contributed by atoms with Crippen molar-refractivity contribution in [3.05, 3.63) is 119 Å². The van der Waals surface area contributed by atoms with Gasteiger partial charge in [0.05, 0.1) is 11.4 Å². The smallest absolute Gasteiger partial charge is 0.135 e. The van der Waals surface area contributed by atoms with Crippen LogP contribution in [0.25, 0.3) is 0 Å². The highest BCUT2D eigenvalue weighted by atomic mass is 32.2. The van der Waals surface area contributed by atoms with Crippen molar-refractivity contribution < 1.29 is 0 Å². The van der Waals surface area contributed by atoms with E-state index in [1.54, 1.807) is 0 Å². The Labute approximate surface area is 346 Å². The van der Waals surface area contributed by atoms with E-state index in [0.717, 1.165) is 23.0 Å². The van der Waals surface area contributed by atoms with Crippen LogP contribution in [-0.2, 0) is 21.8 Å². The Bertz CT molecular complexity index is 1780. The van der Waals surface area contributed by atoms with Crippen molar-refractivity contribution in [1.82, 2.24) is 9.44 Å². The first-order valence-electron chi connectivity index (χ1n) is 20.1. The molecule has 0 aliphatic rings. The summed E-state index contributed by atoms with van der Waals surface area (Å²) in [5, 5.41) is 0. The van der Waals surface area contributed by atoms with Gasteiger partial charge >= 0.3 is 0 Å². The minimum atomic E-state index is -0.451. The highest BCUT2D eigenvalue weighted by molar-refractivity contribution is 7.86. The molecule has 0 amide bonds. The summed E-state index contributed by atoms with van der Waals surface area (Å²) in [6.45, 7) is 34.8. The van der Waals surface area contributed by atoms with Crippen molar-refractivity contribution in [3.63, 3.8) is 0 Å². The number of hydrogen-bond acceptors (Lipinski definition) is 2. The van der Waals surface area contributed by atoms with Gasteiger partial charge in [-0.3, -0.25) is 0 Å². The van der Waals surface area contributed by atoms with Gasteiger partial charge in [-0.25, -0.2) is 19.4 Å². The van der Waals surface area contributed by atoms with Crippen LogP contribution < -0.4 is 9.44 Å². The lowest BCUT2D eigenvalue weighted by Gasteiger charge is -2.23. The fourth-order valence-electron chi connectivity index (χ4n) is 5.86. The lowest BCUT2D eigenvalue weighted by molar-refractivity contribution is 0.532. The second-order valence-electron chi connectivity index (χ2n) is 17.6. The molecule has 4 aromatic carbocycles. The normalized spacial score (nSPS) is 14.1. The Morgan fingerprint density at radius 3 is 0.929 bits per heavy atom. The quantitative estimate of drug-likeness (QED) is 0.124. The van der Waals surface area contributed by atoms with Crippen molar-refractivity contribution >= 4 is 44.8 Å². The third kappa shape index (κ3) is 15.1. The zero-order valence-electron chi connectivity index (χ0n) is 37.2. The van der Waals surface area contributed by atoms with Crippen LogP contribution in [0.4, 0.5) is 11.4 Å². The van der Waals surface area contributed by atoms with Gasteiger partial charge in [-0.2, -0.15) is 8.73 Å². The molecule has 0 fully saturated rings. The van der Waals surface area contributed by atoms with Gasteiger partial charge in [0.25, 0.3) is 0 Å². The van der Waals surface area contributed by atoms with E-state index < -0.39 is 21.8 Å². The molecule has 8 heteroatoms. The van der Waals surface area contributed by atoms with Gasteiger partial charge in [-0.1, -0.05) is 128 Å². The first-order chi connectivity index (χ1) is 26.2. The highest BCUT2D eigenvalue weighted by Crippen LogP contribution is 2.36. The number of nitrogens with one attached hydrogen (secondary N) is 2. The van der Waals surface area contributed by atoms with Gasteiger partial charge < -0.3 is 0 Å². The molecule has 0 spiro atoms. The molecular formula is C48H70N6S2. The van der Waals surface area contributed by atoms with Crippen LogP contribution in [0.1, 0.15) is 157 Å². The minimum absolute atomic E-state index is 0.0400. The highest BCUT2D eigenvalue weighted by Gasteiger charge is 2.18. The van der Waals surface area contributed by atoms with Crippen LogP contribution in [-0.4, -0.2) is 22.7 Å². The zero-order valence-corrected chi connectivity index (χ0v) is 38.8. The van der Waals surface area contributed by atoms with Crippen molar-refractivity contribution in [2.75, 3.05) is 0 Å². The van der Waals surface area contributed by atoms with Crippen molar-refractivity contribution in [2.24, 2.45) is 18.7 Å². The predicted octanol–water partition coefficient (Wildman–Crippen LogP) is 14.3. The molecule has 2 N–H and O–H groups in total. The fraction of sp³-hybridized carbons (Fsp3) is 0.458. The largest absolute Gasteiger partial charge is 0.246 e. The van der Waals surface area contributed by atoms with Crippen molar-refractivity contribution in [2.45, 2.75) is 155 Å². The van der Waals surface area contributed by atoms with Crippen molar-refractivity contribution in [3.8, 4) is 0 Å². The maximum absolute atomic E-state index is 5.01. The molecule has 0 radical (unpaired) electrons. The Kier molecular flexibility index (Phi) is 17.8. The number of nitrogens with zero attached hydrogens (tertiary/aromatic N) is 4. The molecule has 0 unspecified atom stereocenters. The van der Waals surface area contributed by atoms with Crippen molar-refractivity contribution in [1.29, 1.82) is 0 Å².